The molecule has 0 bridgehead atoms. The number of rotatable bonds is 9. The number of carbonyl (C=O) groups excluding carboxylic acids is 2. The van der Waals surface area contributed by atoms with Crippen molar-refractivity contribution in [3.05, 3.63) is 65.0 Å². The number of halogens is 1. The van der Waals surface area contributed by atoms with Gasteiger partial charge in [-0.2, -0.15) is 0 Å². The minimum Gasteiger partial charge on any atom is -0.483 e. The van der Waals surface area contributed by atoms with Crippen molar-refractivity contribution in [2.75, 3.05) is 6.61 Å². The van der Waals surface area contributed by atoms with Gasteiger partial charge in [-0.3, -0.25) is 9.59 Å². The lowest BCUT2D eigenvalue weighted by Gasteiger charge is -2.29. The van der Waals surface area contributed by atoms with Crippen LogP contribution in [0.5, 0.6) is 5.75 Å². The maximum atomic E-state index is 13.3. The molecule has 2 atom stereocenters. The highest BCUT2D eigenvalue weighted by Gasteiger charge is 2.27. The first-order chi connectivity index (χ1) is 14.2. The predicted molar refractivity (Wildman–Crippen MR) is 116 cm³/mol. The molecule has 30 heavy (non-hydrogen) atoms. The van der Waals surface area contributed by atoms with Crippen molar-refractivity contribution in [3.8, 4) is 5.75 Å². The van der Waals surface area contributed by atoms with Crippen molar-refractivity contribution in [2.24, 2.45) is 0 Å². The van der Waals surface area contributed by atoms with E-state index in [0.29, 0.717) is 5.75 Å². The van der Waals surface area contributed by atoms with Crippen LogP contribution in [0.3, 0.4) is 0 Å². The van der Waals surface area contributed by atoms with Crippen molar-refractivity contribution < 1.29 is 18.7 Å². The van der Waals surface area contributed by atoms with E-state index in [9.17, 15) is 14.0 Å². The van der Waals surface area contributed by atoms with E-state index in [1.165, 1.54) is 17.0 Å². The third-order valence-electron chi connectivity index (χ3n) is 5.12. The monoisotopic (exact) mass is 414 g/mol. The molecule has 0 aliphatic heterocycles. The quantitative estimate of drug-likeness (QED) is 0.671. The van der Waals surface area contributed by atoms with Gasteiger partial charge in [0.15, 0.2) is 6.61 Å². The number of carbonyl (C=O) groups is 2. The first kappa shape index (κ1) is 23.4. The molecule has 0 saturated heterocycles. The Balaban J connectivity index is 2.16. The molecule has 0 heterocycles. The molecule has 0 saturated carbocycles. The van der Waals surface area contributed by atoms with Crippen LogP contribution in [-0.4, -0.2) is 35.4 Å². The summed E-state index contributed by atoms with van der Waals surface area (Å²) in [5.74, 6) is -0.262. The normalized spacial score (nSPS) is 12.7. The molecule has 0 aliphatic carbocycles. The Kier molecular flexibility index (Phi) is 8.39. The van der Waals surface area contributed by atoms with E-state index in [4.69, 9.17) is 4.74 Å². The van der Waals surface area contributed by atoms with E-state index in [1.54, 1.807) is 19.1 Å². The van der Waals surface area contributed by atoms with Gasteiger partial charge in [0.05, 0.1) is 0 Å². The number of ether oxygens (including phenoxy) is 1. The van der Waals surface area contributed by atoms with Gasteiger partial charge in [-0.25, -0.2) is 4.39 Å². The van der Waals surface area contributed by atoms with Crippen LogP contribution in [0.2, 0.25) is 0 Å². The van der Waals surface area contributed by atoms with Crippen molar-refractivity contribution in [3.63, 3.8) is 0 Å². The molecule has 2 amide bonds. The van der Waals surface area contributed by atoms with Crippen LogP contribution in [0.15, 0.2) is 42.5 Å². The molecule has 2 aromatic carbocycles. The number of nitrogens with zero attached hydrogens (tertiary/aromatic N) is 1. The Morgan fingerprint density at radius 3 is 2.37 bits per heavy atom. The first-order valence-electron chi connectivity index (χ1n) is 10.3. The minimum atomic E-state index is -0.695. The van der Waals surface area contributed by atoms with Crippen LogP contribution < -0.4 is 10.1 Å². The third kappa shape index (κ3) is 6.58. The van der Waals surface area contributed by atoms with Crippen LogP contribution in [0.1, 0.15) is 43.9 Å². The smallest absolute Gasteiger partial charge is 0.261 e. The Morgan fingerprint density at radius 1 is 1.10 bits per heavy atom. The van der Waals surface area contributed by atoms with Gasteiger partial charge in [-0.15, -0.1) is 0 Å². The summed E-state index contributed by atoms with van der Waals surface area (Å²) in [6.45, 7) is 9.50. The van der Waals surface area contributed by atoms with Gasteiger partial charge in [0, 0.05) is 12.6 Å². The van der Waals surface area contributed by atoms with Gasteiger partial charge in [0.2, 0.25) is 5.91 Å². The van der Waals surface area contributed by atoms with Crippen LogP contribution in [-0.2, 0) is 16.1 Å². The summed E-state index contributed by atoms with van der Waals surface area (Å²) in [4.78, 5) is 27.1. The topological polar surface area (TPSA) is 58.6 Å². The molecule has 5 nitrogen and oxygen atoms in total. The Morgan fingerprint density at radius 2 is 1.77 bits per heavy atom. The number of hydrogen-bond donors (Lipinski definition) is 1. The van der Waals surface area contributed by atoms with E-state index in [0.717, 1.165) is 23.1 Å². The molecule has 162 valence electrons. The number of nitrogens with one attached hydrogen (secondary N) is 1. The van der Waals surface area contributed by atoms with E-state index >= 15 is 0 Å². The van der Waals surface area contributed by atoms with Crippen molar-refractivity contribution in [2.45, 2.75) is 59.7 Å². The highest BCUT2D eigenvalue weighted by atomic mass is 19.1. The Labute approximate surface area is 178 Å². The number of benzene rings is 2. The second-order valence-corrected chi connectivity index (χ2v) is 7.70. The standard InChI is InChI=1S/C24H31FN2O3/c1-6-18(4)26-24(29)19(5)27(14-20-8-10-21(25)11-9-20)23(28)15-30-22-12-7-16(2)13-17(22)3/h7-13,18-19H,6,14-15H2,1-5H3,(H,26,29)/t18-,19+/m0/s1. The van der Waals surface area contributed by atoms with Gasteiger partial charge < -0.3 is 15.0 Å². The van der Waals surface area contributed by atoms with Gasteiger partial charge >= 0.3 is 0 Å². The number of hydrogen-bond acceptors (Lipinski definition) is 3. The summed E-state index contributed by atoms with van der Waals surface area (Å²) in [7, 11) is 0. The fourth-order valence-electron chi connectivity index (χ4n) is 3.02. The zero-order valence-corrected chi connectivity index (χ0v) is 18.4. The molecule has 0 spiro atoms. The Bertz CT molecular complexity index is 867. The lowest BCUT2D eigenvalue weighted by molar-refractivity contribution is -0.142. The van der Waals surface area contributed by atoms with E-state index < -0.39 is 6.04 Å². The van der Waals surface area contributed by atoms with E-state index in [-0.39, 0.29) is 36.8 Å². The van der Waals surface area contributed by atoms with Crippen LogP contribution in [0, 0.1) is 19.7 Å². The van der Waals surface area contributed by atoms with Gasteiger partial charge in [0.25, 0.3) is 5.91 Å². The molecule has 0 fully saturated rings. The average molecular weight is 415 g/mol. The molecule has 0 radical (unpaired) electrons. The lowest BCUT2D eigenvalue weighted by Crippen LogP contribution is -2.50. The number of amides is 2. The molecule has 2 rings (SSSR count). The maximum Gasteiger partial charge on any atom is 0.261 e. The van der Waals surface area contributed by atoms with Gasteiger partial charge in [0.1, 0.15) is 17.6 Å². The van der Waals surface area contributed by atoms with Gasteiger partial charge in [-0.05, 0) is 63.4 Å². The van der Waals surface area contributed by atoms with Crippen LogP contribution in [0.25, 0.3) is 0 Å². The molecule has 2 aromatic rings. The van der Waals surface area contributed by atoms with E-state index in [1.807, 2.05) is 45.9 Å². The van der Waals surface area contributed by atoms with Crippen molar-refractivity contribution in [1.82, 2.24) is 10.2 Å². The summed E-state index contributed by atoms with van der Waals surface area (Å²) in [6.07, 6.45) is 0.792. The average Bonchev–Trinajstić information content (AvgIpc) is 2.71. The van der Waals surface area contributed by atoms with Crippen LogP contribution in [0.4, 0.5) is 4.39 Å². The molecular formula is C24H31FN2O3. The Hall–Kier alpha value is -2.89. The van der Waals surface area contributed by atoms with E-state index in [2.05, 4.69) is 5.32 Å². The summed E-state index contributed by atoms with van der Waals surface area (Å²) in [5.41, 5.74) is 2.79. The van der Waals surface area contributed by atoms with Crippen LogP contribution >= 0.6 is 0 Å². The highest BCUT2D eigenvalue weighted by Crippen LogP contribution is 2.19. The fourth-order valence-corrected chi connectivity index (χ4v) is 3.02. The molecular weight excluding hydrogens is 383 g/mol. The van der Waals surface area contributed by atoms with Gasteiger partial charge in [-0.1, -0.05) is 36.8 Å². The predicted octanol–water partition coefficient (Wildman–Crippen LogP) is 4.15. The highest BCUT2D eigenvalue weighted by molar-refractivity contribution is 5.88. The molecule has 0 aromatic heterocycles. The second-order valence-electron chi connectivity index (χ2n) is 7.70. The SMILES string of the molecule is CC[C@H](C)NC(=O)[C@@H](C)N(Cc1ccc(F)cc1)C(=O)COc1ccc(C)cc1C. The lowest BCUT2D eigenvalue weighted by atomic mass is 10.1. The summed E-state index contributed by atoms with van der Waals surface area (Å²) < 4.78 is 19.0. The zero-order chi connectivity index (χ0) is 22.3. The third-order valence-corrected chi connectivity index (χ3v) is 5.12. The number of aryl methyl sites for hydroxylation is 2. The second kappa shape index (κ2) is 10.8. The minimum absolute atomic E-state index is 0.00850. The largest absolute Gasteiger partial charge is 0.483 e. The summed E-state index contributed by atoms with van der Waals surface area (Å²) >= 11 is 0. The first-order valence-corrected chi connectivity index (χ1v) is 10.3. The molecule has 0 aliphatic rings. The molecule has 1 N–H and O–H groups in total. The van der Waals surface area contributed by atoms with Crippen molar-refractivity contribution in [1.29, 1.82) is 0 Å². The summed E-state index contributed by atoms with van der Waals surface area (Å²) in [5, 5.41) is 2.92. The zero-order valence-electron chi connectivity index (χ0n) is 18.4. The summed E-state index contributed by atoms with van der Waals surface area (Å²) in [6, 6.07) is 11.0. The van der Waals surface area contributed by atoms with Crippen molar-refractivity contribution >= 4 is 11.8 Å². The fraction of sp³-hybridized carbons (Fsp3) is 0.417. The molecule has 0 unspecified atom stereocenters. The molecule has 6 heteroatoms. The maximum absolute atomic E-state index is 13.3.